The lowest BCUT2D eigenvalue weighted by Crippen LogP contribution is -2.53. The zero-order valence-corrected chi connectivity index (χ0v) is 28.9. The van der Waals surface area contributed by atoms with Crippen LogP contribution in [0, 0.1) is 6.92 Å². The lowest BCUT2D eigenvalue weighted by molar-refractivity contribution is -0.140. The molecule has 0 unspecified atom stereocenters. The maximum Gasteiger partial charge on any atom is 0.264 e. The molecule has 1 atom stereocenters. The molecule has 4 aromatic rings. The summed E-state index contributed by atoms with van der Waals surface area (Å²) in [7, 11) is -2.64. The van der Waals surface area contributed by atoms with E-state index in [1.165, 1.54) is 17.0 Å². The molecule has 0 spiro atoms. The van der Waals surface area contributed by atoms with E-state index in [9.17, 15) is 18.0 Å². The third-order valence-corrected chi connectivity index (χ3v) is 9.70. The highest BCUT2D eigenvalue weighted by Crippen LogP contribution is 2.27. The number of nitrogens with one attached hydrogen (secondary N) is 1. The van der Waals surface area contributed by atoms with E-state index in [2.05, 4.69) is 5.32 Å². The standard InChI is InChI=1S/C38H45N3O6S/c1-5-7-24-39-38(43)36(26-30-12-9-8-10-13-30)40(27-31-14-11-15-34(25-31)46-4)37(42)28-41(32-18-20-33(21-19-32)47-6-2)48(44,45)35-22-16-29(3)17-23-35/h8-23,25,36H,5-7,24,26-28H2,1-4H3,(H,39,43)/t36-/m1/s1. The predicted molar refractivity (Wildman–Crippen MR) is 189 cm³/mol. The minimum atomic E-state index is -4.21. The van der Waals surface area contributed by atoms with Gasteiger partial charge in [0.2, 0.25) is 11.8 Å². The number of carbonyl (C=O) groups is 2. The number of amides is 2. The highest BCUT2D eigenvalue weighted by molar-refractivity contribution is 7.92. The highest BCUT2D eigenvalue weighted by Gasteiger charge is 2.34. The van der Waals surface area contributed by atoms with Gasteiger partial charge in [-0.2, -0.15) is 0 Å². The van der Waals surface area contributed by atoms with Gasteiger partial charge < -0.3 is 19.7 Å². The summed E-state index contributed by atoms with van der Waals surface area (Å²) >= 11 is 0. The van der Waals surface area contributed by atoms with Crippen LogP contribution in [0.4, 0.5) is 5.69 Å². The largest absolute Gasteiger partial charge is 0.497 e. The number of carbonyl (C=O) groups excluding carboxylic acids is 2. The molecule has 0 radical (unpaired) electrons. The summed E-state index contributed by atoms with van der Waals surface area (Å²) in [5, 5.41) is 3.01. The number of hydrogen-bond donors (Lipinski definition) is 1. The molecule has 9 nitrogen and oxygen atoms in total. The number of ether oxygens (including phenoxy) is 2. The molecular formula is C38H45N3O6S. The van der Waals surface area contributed by atoms with Crippen molar-refractivity contribution in [1.82, 2.24) is 10.2 Å². The van der Waals surface area contributed by atoms with E-state index in [1.807, 2.05) is 69.3 Å². The molecule has 0 aromatic heterocycles. The third-order valence-electron chi connectivity index (χ3n) is 7.91. The first kappa shape index (κ1) is 36.0. The van der Waals surface area contributed by atoms with Gasteiger partial charge in [-0.25, -0.2) is 8.42 Å². The normalized spacial score (nSPS) is 11.8. The van der Waals surface area contributed by atoms with Crippen molar-refractivity contribution >= 4 is 27.5 Å². The van der Waals surface area contributed by atoms with Crippen LogP contribution in [0.1, 0.15) is 43.4 Å². The average Bonchev–Trinajstić information content (AvgIpc) is 3.10. The Morgan fingerprint density at radius 1 is 0.833 bits per heavy atom. The first-order chi connectivity index (χ1) is 23.2. The Hall–Kier alpha value is -4.83. The van der Waals surface area contributed by atoms with Gasteiger partial charge >= 0.3 is 0 Å². The van der Waals surface area contributed by atoms with Gasteiger partial charge in [-0.3, -0.25) is 13.9 Å². The first-order valence-corrected chi connectivity index (χ1v) is 17.7. The van der Waals surface area contributed by atoms with Crippen molar-refractivity contribution in [3.63, 3.8) is 0 Å². The lowest BCUT2D eigenvalue weighted by atomic mass is 10.0. The molecule has 0 heterocycles. The maximum atomic E-state index is 14.6. The molecule has 0 bridgehead atoms. The number of nitrogens with zero attached hydrogens (tertiary/aromatic N) is 2. The Morgan fingerprint density at radius 2 is 1.52 bits per heavy atom. The minimum Gasteiger partial charge on any atom is -0.497 e. The van der Waals surface area contributed by atoms with Gasteiger partial charge in [-0.05, 0) is 79.9 Å². The number of unbranched alkanes of at least 4 members (excludes halogenated alkanes) is 1. The number of methoxy groups -OCH3 is 1. The molecule has 0 saturated heterocycles. The van der Waals surface area contributed by atoms with E-state index in [0.29, 0.717) is 30.3 Å². The van der Waals surface area contributed by atoms with Crippen LogP contribution < -0.4 is 19.1 Å². The summed E-state index contributed by atoms with van der Waals surface area (Å²) in [6.45, 7) is 6.20. The summed E-state index contributed by atoms with van der Waals surface area (Å²) in [6, 6.07) is 28.9. The second kappa shape index (κ2) is 17.4. The van der Waals surface area contributed by atoms with Gasteiger partial charge in [0, 0.05) is 19.5 Å². The molecular weight excluding hydrogens is 627 g/mol. The Kier molecular flexibility index (Phi) is 13.0. The molecule has 254 valence electrons. The average molecular weight is 672 g/mol. The van der Waals surface area contributed by atoms with Gasteiger partial charge in [0.1, 0.15) is 24.1 Å². The molecule has 4 aromatic carbocycles. The quantitative estimate of drug-likeness (QED) is 0.135. The monoisotopic (exact) mass is 671 g/mol. The number of rotatable bonds is 17. The summed E-state index contributed by atoms with van der Waals surface area (Å²) in [5.74, 6) is 0.336. The molecule has 0 fully saturated rings. The van der Waals surface area contributed by atoms with Crippen molar-refractivity contribution in [2.75, 3.05) is 31.1 Å². The van der Waals surface area contributed by atoms with Crippen LogP contribution in [-0.4, -0.2) is 58.0 Å². The van der Waals surface area contributed by atoms with E-state index >= 15 is 0 Å². The van der Waals surface area contributed by atoms with Crippen molar-refractivity contribution in [1.29, 1.82) is 0 Å². The molecule has 0 aliphatic heterocycles. The number of benzene rings is 4. The fourth-order valence-electron chi connectivity index (χ4n) is 5.27. The van der Waals surface area contributed by atoms with E-state index in [4.69, 9.17) is 9.47 Å². The van der Waals surface area contributed by atoms with Gasteiger partial charge in [0.05, 0.1) is 24.3 Å². The van der Waals surface area contributed by atoms with Gasteiger partial charge in [-0.15, -0.1) is 0 Å². The van der Waals surface area contributed by atoms with Gasteiger partial charge in [-0.1, -0.05) is 73.5 Å². The maximum absolute atomic E-state index is 14.6. The summed E-state index contributed by atoms with van der Waals surface area (Å²) < 4.78 is 40.6. The molecule has 2 amide bonds. The molecule has 4 rings (SSSR count). The van der Waals surface area contributed by atoms with Crippen LogP contribution in [0.2, 0.25) is 0 Å². The fourth-order valence-corrected chi connectivity index (χ4v) is 6.68. The Morgan fingerprint density at radius 3 is 2.17 bits per heavy atom. The molecule has 10 heteroatoms. The fraction of sp³-hybridized carbons (Fsp3) is 0.316. The topological polar surface area (TPSA) is 105 Å². The van der Waals surface area contributed by atoms with Gasteiger partial charge in [0.15, 0.2) is 0 Å². The van der Waals surface area contributed by atoms with Crippen LogP contribution in [0.15, 0.2) is 108 Å². The Bertz CT molecular complexity index is 1730. The van der Waals surface area contributed by atoms with Crippen molar-refractivity contribution in [2.45, 2.75) is 57.5 Å². The first-order valence-electron chi connectivity index (χ1n) is 16.2. The van der Waals surface area contributed by atoms with Crippen molar-refractivity contribution in [3.8, 4) is 11.5 Å². The summed E-state index contributed by atoms with van der Waals surface area (Å²) in [5.41, 5.74) is 2.80. The summed E-state index contributed by atoms with van der Waals surface area (Å²) in [4.78, 5) is 30.1. The van der Waals surface area contributed by atoms with Gasteiger partial charge in [0.25, 0.3) is 10.0 Å². The van der Waals surface area contributed by atoms with E-state index in [1.54, 1.807) is 49.6 Å². The molecule has 0 aliphatic carbocycles. The Labute approximate surface area is 284 Å². The lowest BCUT2D eigenvalue weighted by Gasteiger charge is -2.34. The molecule has 1 N–H and O–H groups in total. The zero-order valence-electron chi connectivity index (χ0n) is 28.1. The molecule has 48 heavy (non-hydrogen) atoms. The Balaban J connectivity index is 1.80. The SMILES string of the molecule is CCCCNC(=O)[C@@H](Cc1ccccc1)N(Cc1cccc(OC)c1)C(=O)CN(c1ccc(OCC)cc1)S(=O)(=O)c1ccc(C)cc1. The van der Waals surface area contributed by atoms with Crippen LogP contribution in [-0.2, 0) is 32.6 Å². The zero-order chi connectivity index (χ0) is 34.5. The highest BCUT2D eigenvalue weighted by atomic mass is 32.2. The van der Waals surface area contributed by atoms with Crippen LogP contribution in [0.3, 0.4) is 0 Å². The van der Waals surface area contributed by atoms with Crippen molar-refractivity contribution in [2.24, 2.45) is 0 Å². The van der Waals surface area contributed by atoms with Crippen LogP contribution in [0.25, 0.3) is 0 Å². The predicted octanol–water partition coefficient (Wildman–Crippen LogP) is 6.15. The number of hydrogen-bond acceptors (Lipinski definition) is 6. The molecule has 0 saturated carbocycles. The number of aryl methyl sites for hydroxylation is 1. The van der Waals surface area contributed by atoms with E-state index in [-0.39, 0.29) is 23.8 Å². The van der Waals surface area contributed by atoms with E-state index < -0.39 is 28.5 Å². The van der Waals surface area contributed by atoms with Crippen LogP contribution in [0.5, 0.6) is 11.5 Å². The van der Waals surface area contributed by atoms with Crippen molar-refractivity contribution in [3.05, 3.63) is 120 Å². The smallest absolute Gasteiger partial charge is 0.264 e. The number of anilines is 1. The van der Waals surface area contributed by atoms with Crippen LogP contribution >= 0.6 is 0 Å². The van der Waals surface area contributed by atoms with E-state index in [0.717, 1.165) is 33.8 Å². The third kappa shape index (κ3) is 9.60. The molecule has 0 aliphatic rings. The second-order valence-corrected chi connectivity index (χ2v) is 13.3. The second-order valence-electron chi connectivity index (χ2n) is 11.5. The number of sulfonamides is 1. The minimum absolute atomic E-state index is 0.0484. The van der Waals surface area contributed by atoms with Crippen molar-refractivity contribution < 1.29 is 27.5 Å². The summed E-state index contributed by atoms with van der Waals surface area (Å²) in [6.07, 6.45) is 1.92.